The fourth-order valence-corrected chi connectivity index (χ4v) is 0.723. The number of hydrogen-bond donors (Lipinski definition) is 1. The maximum Gasteiger partial charge on any atom is 0.333 e. The predicted molar refractivity (Wildman–Crippen MR) is 36.8 cm³/mol. The molecule has 0 aromatic carbocycles. The summed E-state index contributed by atoms with van der Waals surface area (Å²) in [6.45, 7) is 0.828. The van der Waals surface area contributed by atoms with Crippen molar-refractivity contribution in [1.29, 1.82) is 0 Å². The highest BCUT2D eigenvalue weighted by atomic mass is 16.7. The highest BCUT2D eigenvalue weighted by Gasteiger charge is 2.34. The highest BCUT2D eigenvalue weighted by molar-refractivity contribution is 5.84. The lowest BCUT2D eigenvalue weighted by molar-refractivity contribution is -0.197. The largest absolute Gasteiger partial charge is 0.458 e. The first kappa shape index (κ1) is 8.73. The Morgan fingerprint density at radius 2 is 2.50 bits per heavy atom. The fraction of sp³-hybridized carbons (Fsp3) is 0.429. The quantitative estimate of drug-likeness (QED) is 0.560. The van der Waals surface area contributed by atoms with Crippen molar-refractivity contribution >= 4 is 11.9 Å². The standard InChI is InChI=1S/C7H8O5/c1-5(8)11-4-7(10)3-2-6(9)12-7/h2-3,10H,4H2,1H3/t7-/m0/s1. The van der Waals surface area contributed by atoms with Gasteiger partial charge in [-0.05, 0) is 6.08 Å². The second-order valence-electron chi connectivity index (χ2n) is 2.38. The third-order valence-corrected chi connectivity index (χ3v) is 1.24. The molecule has 0 radical (unpaired) electrons. The number of esters is 2. The monoisotopic (exact) mass is 172 g/mol. The summed E-state index contributed by atoms with van der Waals surface area (Å²) in [6, 6.07) is 0. The maximum absolute atomic E-state index is 10.5. The van der Waals surface area contributed by atoms with Crippen LogP contribution in [0.25, 0.3) is 0 Å². The van der Waals surface area contributed by atoms with Gasteiger partial charge in [0.05, 0.1) is 0 Å². The van der Waals surface area contributed by atoms with Gasteiger partial charge in [-0.3, -0.25) is 4.79 Å². The molecule has 1 heterocycles. The second kappa shape index (κ2) is 2.94. The topological polar surface area (TPSA) is 72.8 Å². The predicted octanol–water partition coefficient (Wildman–Crippen LogP) is -0.649. The molecule has 0 fully saturated rings. The number of carbonyl (C=O) groups is 2. The summed E-state index contributed by atoms with van der Waals surface area (Å²) in [6.07, 6.45) is 2.21. The molecule has 0 unspecified atom stereocenters. The number of ether oxygens (including phenoxy) is 2. The number of rotatable bonds is 2. The smallest absolute Gasteiger partial charge is 0.333 e. The van der Waals surface area contributed by atoms with Crippen molar-refractivity contribution < 1.29 is 24.2 Å². The van der Waals surface area contributed by atoms with E-state index >= 15 is 0 Å². The van der Waals surface area contributed by atoms with Crippen LogP contribution in [0.1, 0.15) is 6.92 Å². The Hall–Kier alpha value is -1.36. The van der Waals surface area contributed by atoms with E-state index in [9.17, 15) is 14.7 Å². The molecule has 12 heavy (non-hydrogen) atoms. The molecular formula is C7H8O5. The molecule has 1 rings (SSSR count). The van der Waals surface area contributed by atoms with Gasteiger partial charge in [0.1, 0.15) is 0 Å². The summed E-state index contributed by atoms with van der Waals surface area (Å²) in [7, 11) is 0. The third-order valence-electron chi connectivity index (χ3n) is 1.24. The molecule has 0 aromatic rings. The Balaban J connectivity index is 2.46. The Morgan fingerprint density at radius 1 is 1.83 bits per heavy atom. The average molecular weight is 172 g/mol. The Bertz CT molecular complexity index is 244. The first-order chi connectivity index (χ1) is 5.52. The van der Waals surface area contributed by atoms with Crippen molar-refractivity contribution in [3.05, 3.63) is 12.2 Å². The number of aliphatic hydroxyl groups is 1. The maximum atomic E-state index is 10.5. The third kappa shape index (κ3) is 2.06. The highest BCUT2D eigenvalue weighted by Crippen LogP contribution is 2.16. The number of carbonyl (C=O) groups excluding carboxylic acids is 2. The van der Waals surface area contributed by atoms with Gasteiger partial charge >= 0.3 is 11.9 Å². The van der Waals surface area contributed by atoms with Crippen molar-refractivity contribution in [1.82, 2.24) is 0 Å². The molecule has 1 atom stereocenters. The number of cyclic esters (lactones) is 1. The molecule has 1 N–H and O–H groups in total. The molecule has 5 heteroatoms. The minimum absolute atomic E-state index is 0.370. The van der Waals surface area contributed by atoms with Crippen molar-refractivity contribution in [2.75, 3.05) is 6.61 Å². The lowest BCUT2D eigenvalue weighted by atomic mass is 10.3. The zero-order chi connectivity index (χ0) is 9.19. The van der Waals surface area contributed by atoms with Crippen molar-refractivity contribution in [2.24, 2.45) is 0 Å². The van der Waals surface area contributed by atoms with Crippen molar-refractivity contribution in [3.8, 4) is 0 Å². The SMILES string of the molecule is CC(=O)OC[C@]1(O)C=CC(=O)O1. The van der Waals surface area contributed by atoms with E-state index < -0.39 is 17.7 Å². The van der Waals surface area contributed by atoms with E-state index in [4.69, 9.17) is 0 Å². The van der Waals surface area contributed by atoms with Crippen molar-refractivity contribution in [2.45, 2.75) is 12.7 Å². The molecule has 0 bridgehead atoms. The van der Waals surface area contributed by atoms with Gasteiger partial charge in [0.25, 0.3) is 5.79 Å². The molecular weight excluding hydrogens is 164 g/mol. The van der Waals surface area contributed by atoms with Gasteiger partial charge in [-0.15, -0.1) is 0 Å². The van der Waals surface area contributed by atoms with Gasteiger partial charge in [0.15, 0.2) is 6.61 Å². The minimum atomic E-state index is -1.78. The van der Waals surface area contributed by atoms with Gasteiger partial charge in [0, 0.05) is 13.0 Å². The van der Waals surface area contributed by atoms with Crippen LogP contribution < -0.4 is 0 Å². The lowest BCUT2D eigenvalue weighted by Crippen LogP contribution is -2.34. The van der Waals surface area contributed by atoms with E-state index in [0.717, 1.165) is 12.2 Å². The summed E-state index contributed by atoms with van der Waals surface area (Å²) >= 11 is 0. The van der Waals surface area contributed by atoms with Crippen LogP contribution in [0.5, 0.6) is 0 Å². The molecule has 5 nitrogen and oxygen atoms in total. The Kier molecular flexibility index (Phi) is 2.14. The lowest BCUT2D eigenvalue weighted by Gasteiger charge is -2.18. The molecule has 0 aromatic heterocycles. The van der Waals surface area contributed by atoms with E-state index in [1.54, 1.807) is 0 Å². The summed E-state index contributed by atoms with van der Waals surface area (Å²) in [5.74, 6) is -2.97. The van der Waals surface area contributed by atoms with Crippen LogP contribution in [0.3, 0.4) is 0 Å². The molecule has 1 aliphatic heterocycles. The second-order valence-corrected chi connectivity index (χ2v) is 2.38. The van der Waals surface area contributed by atoms with Gasteiger partial charge in [-0.2, -0.15) is 0 Å². The van der Waals surface area contributed by atoms with Crippen LogP contribution >= 0.6 is 0 Å². The van der Waals surface area contributed by atoms with Crippen LogP contribution in [0, 0.1) is 0 Å². The van der Waals surface area contributed by atoms with E-state index in [2.05, 4.69) is 9.47 Å². The summed E-state index contributed by atoms with van der Waals surface area (Å²) in [5, 5.41) is 9.30. The van der Waals surface area contributed by atoms with Crippen LogP contribution in [-0.4, -0.2) is 29.4 Å². The van der Waals surface area contributed by atoms with E-state index in [1.807, 2.05) is 0 Å². The first-order valence-corrected chi connectivity index (χ1v) is 3.30. The van der Waals surface area contributed by atoms with Crippen LogP contribution in [0.2, 0.25) is 0 Å². The Morgan fingerprint density at radius 3 is 2.92 bits per heavy atom. The minimum Gasteiger partial charge on any atom is -0.458 e. The van der Waals surface area contributed by atoms with Crippen LogP contribution in [0.15, 0.2) is 12.2 Å². The zero-order valence-electron chi connectivity index (χ0n) is 6.44. The van der Waals surface area contributed by atoms with E-state index in [1.165, 1.54) is 6.92 Å². The van der Waals surface area contributed by atoms with E-state index in [0.29, 0.717) is 0 Å². The normalized spacial score (nSPS) is 27.0. The molecule has 0 amide bonds. The fourth-order valence-electron chi connectivity index (χ4n) is 0.723. The molecule has 0 saturated carbocycles. The first-order valence-electron chi connectivity index (χ1n) is 3.30. The van der Waals surface area contributed by atoms with Crippen LogP contribution in [-0.2, 0) is 19.1 Å². The van der Waals surface area contributed by atoms with Gasteiger partial charge < -0.3 is 14.6 Å². The van der Waals surface area contributed by atoms with Crippen LogP contribution in [0.4, 0.5) is 0 Å². The van der Waals surface area contributed by atoms with Gasteiger partial charge in [-0.1, -0.05) is 0 Å². The van der Waals surface area contributed by atoms with Crippen molar-refractivity contribution in [3.63, 3.8) is 0 Å². The molecule has 0 aliphatic carbocycles. The zero-order valence-corrected chi connectivity index (χ0v) is 6.44. The molecule has 0 saturated heterocycles. The number of hydrogen-bond acceptors (Lipinski definition) is 5. The molecule has 0 spiro atoms. The molecule has 66 valence electrons. The average Bonchev–Trinajstić information content (AvgIpc) is 2.29. The summed E-state index contributed by atoms with van der Waals surface area (Å²) in [4.78, 5) is 20.8. The van der Waals surface area contributed by atoms with Gasteiger partial charge in [-0.25, -0.2) is 4.79 Å². The van der Waals surface area contributed by atoms with E-state index in [-0.39, 0.29) is 6.61 Å². The molecule has 1 aliphatic rings. The summed E-state index contributed by atoms with van der Waals surface area (Å²) in [5.41, 5.74) is 0. The van der Waals surface area contributed by atoms with Gasteiger partial charge in [0.2, 0.25) is 0 Å². The Labute approximate surface area is 68.6 Å². The summed E-state index contributed by atoms with van der Waals surface area (Å²) < 4.78 is 8.89.